The van der Waals surface area contributed by atoms with Gasteiger partial charge in [-0.2, -0.15) is 0 Å². The molecular formula is C10H21N3. The van der Waals surface area contributed by atoms with E-state index in [0.29, 0.717) is 6.04 Å². The molecule has 13 heavy (non-hydrogen) atoms. The Morgan fingerprint density at radius 2 is 2.31 bits per heavy atom. The first-order valence-corrected chi connectivity index (χ1v) is 4.65. The summed E-state index contributed by atoms with van der Waals surface area (Å²) < 4.78 is 0. The van der Waals surface area contributed by atoms with E-state index in [4.69, 9.17) is 5.73 Å². The van der Waals surface area contributed by atoms with Crippen LogP contribution in [0.3, 0.4) is 0 Å². The SMILES string of the molecule is C=CNC(CCCNC)CC(=C)N. The van der Waals surface area contributed by atoms with E-state index in [1.165, 1.54) is 0 Å². The third-order valence-electron chi connectivity index (χ3n) is 1.84. The van der Waals surface area contributed by atoms with Crippen LogP contribution >= 0.6 is 0 Å². The number of nitrogens with one attached hydrogen (secondary N) is 2. The molecule has 0 aromatic carbocycles. The van der Waals surface area contributed by atoms with Crippen molar-refractivity contribution in [3.63, 3.8) is 0 Å². The Balaban J connectivity index is 3.65. The maximum atomic E-state index is 5.54. The quantitative estimate of drug-likeness (QED) is 0.491. The van der Waals surface area contributed by atoms with Gasteiger partial charge in [0, 0.05) is 18.2 Å². The lowest BCUT2D eigenvalue weighted by molar-refractivity contribution is 0.509. The summed E-state index contributed by atoms with van der Waals surface area (Å²) in [5, 5.41) is 6.28. The number of hydrogen-bond acceptors (Lipinski definition) is 3. The molecule has 1 atom stereocenters. The van der Waals surface area contributed by atoms with Crippen molar-refractivity contribution < 1.29 is 0 Å². The molecule has 0 aromatic heterocycles. The molecular weight excluding hydrogens is 162 g/mol. The third-order valence-corrected chi connectivity index (χ3v) is 1.84. The summed E-state index contributed by atoms with van der Waals surface area (Å²) in [6, 6.07) is 0.378. The summed E-state index contributed by atoms with van der Waals surface area (Å²) >= 11 is 0. The molecule has 0 fully saturated rings. The molecule has 0 aliphatic rings. The number of hydrogen-bond donors (Lipinski definition) is 3. The van der Waals surface area contributed by atoms with Gasteiger partial charge in [0.2, 0.25) is 0 Å². The van der Waals surface area contributed by atoms with E-state index >= 15 is 0 Å². The molecule has 3 nitrogen and oxygen atoms in total. The summed E-state index contributed by atoms with van der Waals surface area (Å²) in [6.45, 7) is 8.37. The van der Waals surface area contributed by atoms with E-state index in [1.54, 1.807) is 6.20 Å². The minimum Gasteiger partial charge on any atom is -0.402 e. The molecule has 4 N–H and O–H groups in total. The van der Waals surface area contributed by atoms with Gasteiger partial charge in [-0.05, 0) is 32.6 Å². The van der Waals surface area contributed by atoms with Crippen molar-refractivity contribution in [1.82, 2.24) is 10.6 Å². The third kappa shape index (κ3) is 7.40. The molecule has 0 aliphatic heterocycles. The maximum absolute atomic E-state index is 5.54. The second-order valence-electron chi connectivity index (χ2n) is 3.18. The normalized spacial score (nSPS) is 12.1. The zero-order valence-electron chi connectivity index (χ0n) is 8.47. The largest absolute Gasteiger partial charge is 0.402 e. The van der Waals surface area contributed by atoms with Gasteiger partial charge in [-0.15, -0.1) is 0 Å². The molecule has 0 bridgehead atoms. The topological polar surface area (TPSA) is 50.1 Å². The van der Waals surface area contributed by atoms with E-state index in [0.717, 1.165) is 31.5 Å². The van der Waals surface area contributed by atoms with Crippen LogP contribution in [0.15, 0.2) is 25.1 Å². The molecule has 1 unspecified atom stereocenters. The minimum absolute atomic E-state index is 0.378. The Hall–Kier alpha value is -0.960. The van der Waals surface area contributed by atoms with Gasteiger partial charge in [0.1, 0.15) is 0 Å². The van der Waals surface area contributed by atoms with Crippen molar-refractivity contribution >= 4 is 0 Å². The average molecular weight is 183 g/mol. The molecule has 0 aromatic rings. The smallest absolute Gasteiger partial charge is 0.0310 e. The fourth-order valence-electron chi connectivity index (χ4n) is 1.25. The van der Waals surface area contributed by atoms with Crippen LogP contribution in [0.1, 0.15) is 19.3 Å². The van der Waals surface area contributed by atoms with Gasteiger partial charge in [-0.25, -0.2) is 0 Å². The Kier molecular flexibility index (Phi) is 7.11. The molecule has 0 rings (SSSR count). The van der Waals surface area contributed by atoms with Gasteiger partial charge in [0.25, 0.3) is 0 Å². The molecule has 0 amide bonds. The van der Waals surface area contributed by atoms with Crippen LogP contribution in [-0.4, -0.2) is 19.6 Å². The summed E-state index contributed by atoms with van der Waals surface area (Å²) in [5.41, 5.74) is 6.27. The van der Waals surface area contributed by atoms with Crippen molar-refractivity contribution in [3.8, 4) is 0 Å². The fourth-order valence-corrected chi connectivity index (χ4v) is 1.25. The Labute approximate surface area is 81.1 Å². The first kappa shape index (κ1) is 12.0. The van der Waals surface area contributed by atoms with Crippen LogP contribution in [-0.2, 0) is 0 Å². The lowest BCUT2D eigenvalue weighted by atomic mass is 10.1. The summed E-state index contributed by atoms with van der Waals surface area (Å²) in [7, 11) is 1.96. The summed E-state index contributed by atoms with van der Waals surface area (Å²) in [6.07, 6.45) is 4.75. The standard InChI is InChI=1S/C10H21N3/c1-4-13-10(8-9(2)11)6-5-7-12-3/h4,10,12-13H,1-2,5-8,11H2,3H3. The molecule has 0 saturated carbocycles. The van der Waals surface area contributed by atoms with Crippen molar-refractivity contribution in [3.05, 3.63) is 25.1 Å². The van der Waals surface area contributed by atoms with Crippen LogP contribution in [0.2, 0.25) is 0 Å². The van der Waals surface area contributed by atoms with E-state index in [1.807, 2.05) is 7.05 Å². The molecule has 0 aliphatic carbocycles. The van der Waals surface area contributed by atoms with Crippen LogP contribution in [0, 0.1) is 0 Å². The number of rotatable bonds is 8. The highest BCUT2D eigenvalue weighted by Gasteiger charge is 2.05. The molecule has 0 heterocycles. The van der Waals surface area contributed by atoms with Crippen molar-refractivity contribution in [2.24, 2.45) is 5.73 Å². The fraction of sp³-hybridized carbons (Fsp3) is 0.600. The van der Waals surface area contributed by atoms with Crippen molar-refractivity contribution in [1.29, 1.82) is 0 Å². The second kappa shape index (κ2) is 7.68. The van der Waals surface area contributed by atoms with Gasteiger partial charge < -0.3 is 16.4 Å². The van der Waals surface area contributed by atoms with E-state index in [-0.39, 0.29) is 0 Å². The lowest BCUT2D eigenvalue weighted by Gasteiger charge is -2.16. The lowest BCUT2D eigenvalue weighted by Crippen LogP contribution is -2.27. The minimum atomic E-state index is 0.378. The zero-order valence-corrected chi connectivity index (χ0v) is 8.47. The average Bonchev–Trinajstić information content (AvgIpc) is 2.04. The van der Waals surface area contributed by atoms with E-state index in [9.17, 15) is 0 Å². The summed E-state index contributed by atoms with van der Waals surface area (Å²) in [4.78, 5) is 0. The van der Waals surface area contributed by atoms with Crippen LogP contribution in [0.5, 0.6) is 0 Å². The first-order valence-electron chi connectivity index (χ1n) is 4.65. The van der Waals surface area contributed by atoms with E-state index in [2.05, 4.69) is 23.8 Å². The molecule has 3 heteroatoms. The predicted octanol–water partition coefficient (Wildman–Crippen LogP) is 0.950. The maximum Gasteiger partial charge on any atom is 0.0310 e. The van der Waals surface area contributed by atoms with Crippen LogP contribution in [0.25, 0.3) is 0 Å². The molecule has 0 spiro atoms. The van der Waals surface area contributed by atoms with Crippen LogP contribution < -0.4 is 16.4 Å². The Bertz CT molecular complexity index is 154. The molecule has 0 radical (unpaired) electrons. The van der Waals surface area contributed by atoms with Gasteiger partial charge in [0.15, 0.2) is 0 Å². The van der Waals surface area contributed by atoms with Gasteiger partial charge >= 0.3 is 0 Å². The highest BCUT2D eigenvalue weighted by Crippen LogP contribution is 2.04. The van der Waals surface area contributed by atoms with Gasteiger partial charge in [0.05, 0.1) is 0 Å². The first-order chi connectivity index (χ1) is 6.20. The van der Waals surface area contributed by atoms with Crippen molar-refractivity contribution in [2.45, 2.75) is 25.3 Å². The molecule has 76 valence electrons. The second-order valence-corrected chi connectivity index (χ2v) is 3.18. The van der Waals surface area contributed by atoms with Gasteiger partial charge in [-0.1, -0.05) is 13.2 Å². The van der Waals surface area contributed by atoms with Crippen molar-refractivity contribution in [2.75, 3.05) is 13.6 Å². The zero-order chi connectivity index (χ0) is 10.1. The Morgan fingerprint density at radius 3 is 2.77 bits per heavy atom. The van der Waals surface area contributed by atoms with Gasteiger partial charge in [-0.3, -0.25) is 0 Å². The highest BCUT2D eigenvalue weighted by molar-refractivity contribution is 4.92. The van der Waals surface area contributed by atoms with Crippen LogP contribution in [0.4, 0.5) is 0 Å². The summed E-state index contributed by atoms with van der Waals surface area (Å²) in [5.74, 6) is 0. The predicted molar refractivity (Wildman–Crippen MR) is 58.2 cm³/mol. The van der Waals surface area contributed by atoms with E-state index < -0.39 is 0 Å². The Morgan fingerprint density at radius 1 is 1.62 bits per heavy atom. The monoisotopic (exact) mass is 183 g/mol. The highest BCUT2D eigenvalue weighted by atomic mass is 14.9. The molecule has 0 saturated heterocycles. The number of nitrogens with two attached hydrogens (primary N) is 1.